The van der Waals surface area contributed by atoms with E-state index in [9.17, 15) is 4.79 Å². The minimum atomic E-state index is -0.369. The number of urea groups is 1. The molecule has 0 saturated heterocycles. The smallest absolute Gasteiger partial charge is 0.308 e. The summed E-state index contributed by atoms with van der Waals surface area (Å²) < 4.78 is 0. The van der Waals surface area contributed by atoms with Crippen molar-refractivity contribution in [2.75, 3.05) is 10.6 Å². The Balaban J connectivity index is 1.96. The number of carbonyl (C=O) groups is 1. The summed E-state index contributed by atoms with van der Waals surface area (Å²) >= 11 is 5.73. The van der Waals surface area contributed by atoms with E-state index in [1.807, 2.05) is 0 Å². The molecular formula is C11H9ClN4O. The number of nitrogens with one attached hydrogen (secondary N) is 2. The summed E-state index contributed by atoms with van der Waals surface area (Å²) in [5, 5.41) is 5.84. The van der Waals surface area contributed by atoms with Crippen LogP contribution in [0.3, 0.4) is 0 Å². The molecule has 2 amide bonds. The first-order valence-corrected chi connectivity index (χ1v) is 5.21. The van der Waals surface area contributed by atoms with Crippen LogP contribution in [0, 0.1) is 0 Å². The van der Waals surface area contributed by atoms with Gasteiger partial charge in [-0.05, 0) is 30.3 Å². The standard InChI is InChI=1S/C11H9ClN4O/c12-8-1-3-9(4-2-8)15-11(17)16-10-5-6-13-7-14-10/h1-7H,(H2,13,14,15,16,17). The van der Waals surface area contributed by atoms with Crippen LogP contribution in [-0.2, 0) is 0 Å². The Labute approximate surface area is 103 Å². The van der Waals surface area contributed by atoms with Crippen LogP contribution in [0.1, 0.15) is 0 Å². The maximum Gasteiger partial charge on any atom is 0.324 e. The zero-order valence-electron chi connectivity index (χ0n) is 8.72. The van der Waals surface area contributed by atoms with Crippen molar-refractivity contribution >= 4 is 29.1 Å². The molecular weight excluding hydrogens is 240 g/mol. The number of benzene rings is 1. The lowest BCUT2D eigenvalue weighted by atomic mass is 10.3. The molecule has 2 aromatic rings. The number of carbonyl (C=O) groups excluding carboxylic acids is 1. The zero-order chi connectivity index (χ0) is 12.1. The van der Waals surface area contributed by atoms with Gasteiger partial charge in [0.25, 0.3) is 0 Å². The Morgan fingerprint density at radius 2 is 1.88 bits per heavy atom. The summed E-state index contributed by atoms with van der Waals surface area (Å²) in [5.74, 6) is 0.437. The Hall–Kier alpha value is -2.14. The van der Waals surface area contributed by atoms with E-state index in [1.54, 1.807) is 36.5 Å². The van der Waals surface area contributed by atoms with Gasteiger partial charge < -0.3 is 5.32 Å². The SMILES string of the molecule is O=C(Nc1ccc(Cl)cc1)Nc1ccncn1. The molecule has 0 aliphatic carbocycles. The molecule has 0 aliphatic heterocycles. The van der Waals surface area contributed by atoms with Gasteiger partial charge in [-0.3, -0.25) is 5.32 Å². The molecule has 6 heteroatoms. The van der Waals surface area contributed by atoms with Gasteiger partial charge in [0.15, 0.2) is 0 Å². The van der Waals surface area contributed by atoms with Crippen LogP contribution in [-0.4, -0.2) is 16.0 Å². The third-order valence-corrected chi connectivity index (χ3v) is 2.18. The highest BCUT2D eigenvalue weighted by Gasteiger charge is 2.02. The van der Waals surface area contributed by atoms with Crippen molar-refractivity contribution < 1.29 is 4.79 Å². The number of hydrogen-bond acceptors (Lipinski definition) is 3. The molecule has 0 fully saturated rings. The maximum atomic E-state index is 11.6. The molecule has 86 valence electrons. The normalized spacial score (nSPS) is 9.71. The van der Waals surface area contributed by atoms with Gasteiger partial charge in [-0.15, -0.1) is 0 Å². The average Bonchev–Trinajstić information content (AvgIpc) is 2.33. The Kier molecular flexibility index (Phi) is 3.52. The fraction of sp³-hybridized carbons (Fsp3) is 0. The molecule has 1 aromatic carbocycles. The minimum absolute atomic E-state index is 0.369. The number of rotatable bonds is 2. The second kappa shape index (κ2) is 5.27. The van der Waals surface area contributed by atoms with Crippen LogP contribution in [0.25, 0.3) is 0 Å². The number of aromatic nitrogens is 2. The van der Waals surface area contributed by atoms with Crippen molar-refractivity contribution in [2.45, 2.75) is 0 Å². The van der Waals surface area contributed by atoms with Gasteiger partial charge in [0, 0.05) is 16.9 Å². The third kappa shape index (κ3) is 3.42. The van der Waals surface area contributed by atoms with Crippen molar-refractivity contribution in [1.82, 2.24) is 9.97 Å². The predicted octanol–water partition coefficient (Wildman–Crippen LogP) is 2.77. The van der Waals surface area contributed by atoms with Crippen LogP contribution in [0.2, 0.25) is 5.02 Å². The van der Waals surface area contributed by atoms with Gasteiger partial charge in [0.1, 0.15) is 12.1 Å². The highest BCUT2D eigenvalue weighted by atomic mass is 35.5. The summed E-state index contributed by atoms with van der Waals surface area (Å²) in [5.41, 5.74) is 0.654. The Morgan fingerprint density at radius 1 is 1.12 bits per heavy atom. The van der Waals surface area contributed by atoms with Crippen LogP contribution >= 0.6 is 11.6 Å². The molecule has 2 rings (SSSR count). The average molecular weight is 249 g/mol. The first-order valence-electron chi connectivity index (χ1n) is 4.83. The highest BCUT2D eigenvalue weighted by Crippen LogP contribution is 2.13. The number of anilines is 2. The second-order valence-corrected chi connectivity index (χ2v) is 3.62. The van der Waals surface area contributed by atoms with E-state index in [2.05, 4.69) is 20.6 Å². The molecule has 0 bridgehead atoms. The molecule has 17 heavy (non-hydrogen) atoms. The van der Waals surface area contributed by atoms with E-state index < -0.39 is 0 Å². The lowest BCUT2D eigenvalue weighted by Gasteiger charge is -2.06. The highest BCUT2D eigenvalue weighted by molar-refractivity contribution is 6.30. The fourth-order valence-electron chi connectivity index (χ4n) is 1.18. The summed E-state index contributed by atoms with van der Waals surface area (Å²) in [6.07, 6.45) is 2.91. The van der Waals surface area contributed by atoms with Crippen molar-refractivity contribution in [3.63, 3.8) is 0 Å². The first-order chi connectivity index (χ1) is 8.24. The molecule has 5 nitrogen and oxygen atoms in total. The monoisotopic (exact) mass is 248 g/mol. The Morgan fingerprint density at radius 3 is 2.53 bits per heavy atom. The summed E-state index contributed by atoms with van der Waals surface area (Å²) in [4.78, 5) is 19.2. The van der Waals surface area contributed by atoms with Crippen LogP contribution < -0.4 is 10.6 Å². The topological polar surface area (TPSA) is 66.9 Å². The second-order valence-electron chi connectivity index (χ2n) is 3.18. The van der Waals surface area contributed by atoms with Crippen LogP contribution in [0.5, 0.6) is 0 Å². The largest absolute Gasteiger partial charge is 0.324 e. The van der Waals surface area contributed by atoms with Gasteiger partial charge in [0.2, 0.25) is 0 Å². The molecule has 0 aliphatic rings. The number of halogens is 1. The third-order valence-electron chi connectivity index (χ3n) is 1.93. The van der Waals surface area contributed by atoms with Crippen LogP contribution in [0.15, 0.2) is 42.9 Å². The van der Waals surface area contributed by atoms with Gasteiger partial charge in [-0.25, -0.2) is 14.8 Å². The number of nitrogens with zero attached hydrogens (tertiary/aromatic N) is 2. The first kappa shape index (κ1) is 11.3. The molecule has 0 spiro atoms. The number of amides is 2. The lowest BCUT2D eigenvalue weighted by molar-refractivity contribution is 0.262. The lowest BCUT2D eigenvalue weighted by Crippen LogP contribution is -2.19. The van der Waals surface area contributed by atoms with Crippen LogP contribution in [0.4, 0.5) is 16.3 Å². The maximum absolute atomic E-state index is 11.6. The molecule has 0 unspecified atom stereocenters. The predicted molar refractivity (Wildman–Crippen MR) is 66.1 cm³/mol. The zero-order valence-corrected chi connectivity index (χ0v) is 9.48. The molecule has 0 radical (unpaired) electrons. The molecule has 0 atom stereocenters. The molecule has 2 N–H and O–H groups in total. The summed E-state index contributed by atoms with van der Waals surface area (Å²) in [6, 6.07) is 8.04. The van der Waals surface area contributed by atoms with E-state index in [0.29, 0.717) is 16.5 Å². The van der Waals surface area contributed by atoms with E-state index in [-0.39, 0.29) is 6.03 Å². The molecule has 1 heterocycles. The van der Waals surface area contributed by atoms with Crippen molar-refractivity contribution in [2.24, 2.45) is 0 Å². The fourth-order valence-corrected chi connectivity index (χ4v) is 1.30. The Bertz CT molecular complexity index is 501. The van der Waals surface area contributed by atoms with E-state index in [0.717, 1.165) is 0 Å². The van der Waals surface area contributed by atoms with Crippen molar-refractivity contribution in [3.05, 3.63) is 47.9 Å². The van der Waals surface area contributed by atoms with Gasteiger partial charge >= 0.3 is 6.03 Å². The van der Waals surface area contributed by atoms with E-state index >= 15 is 0 Å². The van der Waals surface area contributed by atoms with Crippen molar-refractivity contribution in [3.8, 4) is 0 Å². The molecule has 0 saturated carbocycles. The van der Waals surface area contributed by atoms with Crippen molar-refractivity contribution in [1.29, 1.82) is 0 Å². The quantitative estimate of drug-likeness (QED) is 0.859. The summed E-state index contributed by atoms with van der Waals surface area (Å²) in [7, 11) is 0. The minimum Gasteiger partial charge on any atom is -0.308 e. The van der Waals surface area contributed by atoms with Gasteiger partial charge in [-0.2, -0.15) is 0 Å². The number of hydrogen-bond donors (Lipinski definition) is 2. The van der Waals surface area contributed by atoms with E-state index in [4.69, 9.17) is 11.6 Å². The van der Waals surface area contributed by atoms with Gasteiger partial charge in [-0.1, -0.05) is 11.6 Å². The summed E-state index contributed by atoms with van der Waals surface area (Å²) in [6.45, 7) is 0. The molecule has 1 aromatic heterocycles. The van der Waals surface area contributed by atoms with Gasteiger partial charge in [0.05, 0.1) is 0 Å². The van der Waals surface area contributed by atoms with E-state index in [1.165, 1.54) is 6.33 Å².